The Kier molecular flexibility index (Phi) is 4.30. The second kappa shape index (κ2) is 5.76. The van der Waals surface area contributed by atoms with E-state index in [-0.39, 0.29) is 6.04 Å². The van der Waals surface area contributed by atoms with Crippen molar-refractivity contribution in [2.75, 3.05) is 6.54 Å². The molecule has 1 aliphatic rings. The number of benzene rings is 1. The van der Waals surface area contributed by atoms with E-state index in [1.165, 1.54) is 6.07 Å². The minimum atomic E-state index is -0.908. The van der Waals surface area contributed by atoms with Crippen LogP contribution in [0.5, 0.6) is 0 Å². The highest BCUT2D eigenvalue weighted by atomic mass is 19.2. The lowest BCUT2D eigenvalue weighted by Crippen LogP contribution is -2.42. The third-order valence-corrected chi connectivity index (χ3v) is 3.79. The van der Waals surface area contributed by atoms with Gasteiger partial charge in [0.2, 0.25) is 0 Å². The van der Waals surface area contributed by atoms with Gasteiger partial charge in [-0.2, -0.15) is 0 Å². The average molecular weight is 255 g/mol. The maximum atomic E-state index is 13.1. The van der Waals surface area contributed by atoms with Crippen LogP contribution in [0.4, 0.5) is 8.78 Å². The van der Waals surface area contributed by atoms with Gasteiger partial charge in [0.15, 0.2) is 11.6 Å². The third-order valence-electron chi connectivity index (χ3n) is 3.79. The average Bonchev–Trinajstić information content (AvgIpc) is 2.41. The van der Waals surface area contributed by atoms with E-state index in [0.717, 1.165) is 37.9 Å². The zero-order valence-corrected chi connectivity index (χ0v) is 10.5. The van der Waals surface area contributed by atoms with Gasteiger partial charge in [0.05, 0.1) is 6.10 Å². The molecule has 2 N–H and O–H groups in total. The maximum Gasteiger partial charge on any atom is 0.159 e. The Hall–Kier alpha value is -1.00. The molecule has 0 amide bonds. The summed E-state index contributed by atoms with van der Waals surface area (Å²) in [6.07, 6.45) is 2.28. The molecular weight excluding hydrogens is 236 g/mol. The lowest BCUT2D eigenvalue weighted by atomic mass is 9.86. The number of hydrogen-bond acceptors (Lipinski definition) is 2. The number of aliphatic hydroxyl groups excluding tert-OH is 1. The highest BCUT2D eigenvalue weighted by molar-refractivity contribution is 5.21. The van der Waals surface area contributed by atoms with Crippen molar-refractivity contribution < 1.29 is 13.9 Å². The number of nitrogens with one attached hydrogen (secondary N) is 1. The van der Waals surface area contributed by atoms with E-state index >= 15 is 0 Å². The van der Waals surface area contributed by atoms with E-state index in [4.69, 9.17) is 0 Å². The first-order valence-electron chi connectivity index (χ1n) is 6.48. The molecule has 2 nitrogen and oxygen atoms in total. The monoisotopic (exact) mass is 255 g/mol. The van der Waals surface area contributed by atoms with Crippen LogP contribution in [0.25, 0.3) is 0 Å². The fraction of sp³-hybridized carbons (Fsp3) is 0.571. The van der Waals surface area contributed by atoms with Gasteiger partial charge in [0.1, 0.15) is 0 Å². The second-order valence-electron chi connectivity index (χ2n) is 4.98. The molecule has 0 radical (unpaired) electrons. The summed E-state index contributed by atoms with van der Waals surface area (Å²) >= 11 is 0. The Morgan fingerprint density at radius 2 is 2.17 bits per heavy atom. The summed E-state index contributed by atoms with van der Waals surface area (Å²) in [6.45, 7) is 3.00. The van der Waals surface area contributed by atoms with E-state index < -0.39 is 17.7 Å². The zero-order valence-electron chi connectivity index (χ0n) is 10.5. The predicted molar refractivity (Wildman–Crippen MR) is 66.1 cm³/mol. The van der Waals surface area contributed by atoms with E-state index in [1.54, 1.807) is 0 Å². The molecule has 2 rings (SSSR count). The molecule has 1 aliphatic heterocycles. The fourth-order valence-corrected chi connectivity index (χ4v) is 2.57. The molecule has 0 spiro atoms. The molecule has 0 aliphatic carbocycles. The quantitative estimate of drug-likeness (QED) is 0.870. The zero-order chi connectivity index (χ0) is 13.1. The van der Waals surface area contributed by atoms with Crippen LogP contribution >= 0.6 is 0 Å². The van der Waals surface area contributed by atoms with Gasteiger partial charge in [-0.15, -0.1) is 0 Å². The van der Waals surface area contributed by atoms with Crippen molar-refractivity contribution in [1.82, 2.24) is 5.32 Å². The summed E-state index contributed by atoms with van der Waals surface area (Å²) < 4.78 is 26.0. The largest absolute Gasteiger partial charge is 0.387 e. The fourth-order valence-electron chi connectivity index (χ4n) is 2.57. The van der Waals surface area contributed by atoms with Crippen LogP contribution in [0.2, 0.25) is 0 Å². The summed E-state index contributed by atoms with van der Waals surface area (Å²) in [5.74, 6) is -1.19. The second-order valence-corrected chi connectivity index (χ2v) is 4.98. The summed E-state index contributed by atoms with van der Waals surface area (Å²) in [6, 6.07) is 3.51. The van der Waals surface area contributed by atoms with Crippen molar-refractivity contribution in [3.8, 4) is 0 Å². The van der Waals surface area contributed by atoms with Gasteiger partial charge in [-0.05, 0) is 43.0 Å². The first-order chi connectivity index (χ1) is 8.61. The Morgan fingerprint density at radius 1 is 1.39 bits per heavy atom. The van der Waals surface area contributed by atoms with Crippen molar-refractivity contribution in [3.63, 3.8) is 0 Å². The molecule has 0 bridgehead atoms. The smallest absolute Gasteiger partial charge is 0.159 e. The van der Waals surface area contributed by atoms with Crippen molar-refractivity contribution in [2.45, 2.75) is 38.3 Å². The highest BCUT2D eigenvalue weighted by Crippen LogP contribution is 2.28. The standard InChI is InChI=1S/C14H19F2NO/c1-2-9-5-6-17-13(7-9)14(18)10-3-4-11(15)12(16)8-10/h3-4,8-9,13-14,17-18H,2,5-7H2,1H3. The molecule has 1 saturated heterocycles. The van der Waals surface area contributed by atoms with E-state index in [1.807, 2.05) is 0 Å². The Labute approximate surface area is 106 Å². The van der Waals surface area contributed by atoms with Gasteiger partial charge in [-0.1, -0.05) is 19.4 Å². The molecule has 3 atom stereocenters. The van der Waals surface area contributed by atoms with Gasteiger partial charge in [-0.3, -0.25) is 0 Å². The normalized spacial score (nSPS) is 26.0. The Bertz CT molecular complexity index is 411. The molecule has 0 aromatic heterocycles. The lowest BCUT2D eigenvalue weighted by molar-refractivity contribution is 0.0975. The van der Waals surface area contributed by atoms with Crippen molar-refractivity contribution >= 4 is 0 Å². The Balaban J connectivity index is 2.10. The van der Waals surface area contributed by atoms with Crippen LogP contribution in [-0.2, 0) is 0 Å². The van der Waals surface area contributed by atoms with Crippen LogP contribution in [-0.4, -0.2) is 17.7 Å². The lowest BCUT2D eigenvalue weighted by Gasteiger charge is -2.33. The van der Waals surface area contributed by atoms with Gasteiger partial charge in [0.25, 0.3) is 0 Å². The molecule has 1 aromatic carbocycles. The molecule has 1 fully saturated rings. The SMILES string of the molecule is CCC1CCNC(C(O)c2ccc(F)c(F)c2)C1. The first kappa shape index (κ1) is 13.4. The first-order valence-corrected chi connectivity index (χ1v) is 6.48. The molecule has 1 heterocycles. The molecule has 4 heteroatoms. The van der Waals surface area contributed by atoms with Gasteiger partial charge in [-0.25, -0.2) is 8.78 Å². The van der Waals surface area contributed by atoms with Crippen molar-refractivity contribution in [1.29, 1.82) is 0 Å². The minimum absolute atomic E-state index is 0.0754. The molecule has 0 saturated carbocycles. The molecular formula is C14H19F2NO. The van der Waals surface area contributed by atoms with Crippen LogP contribution < -0.4 is 5.32 Å². The van der Waals surface area contributed by atoms with Gasteiger partial charge >= 0.3 is 0 Å². The van der Waals surface area contributed by atoms with E-state index in [2.05, 4.69) is 12.2 Å². The predicted octanol–water partition coefficient (Wildman–Crippen LogP) is 2.78. The van der Waals surface area contributed by atoms with E-state index in [0.29, 0.717) is 11.5 Å². The number of aliphatic hydroxyl groups is 1. The van der Waals surface area contributed by atoms with Crippen LogP contribution in [0.15, 0.2) is 18.2 Å². The third kappa shape index (κ3) is 2.87. The van der Waals surface area contributed by atoms with Crippen LogP contribution in [0.3, 0.4) is 0 Å². The van der Waals surface area contributed by atoms with Crippen LogP contribution in [0, 0.1) is 17.6 Å². The summed E-state index contributed by atoms with van der Waals surface area (Å²) in [5.41, 5.74) is 0.433. The molecule has 18 heavy (non-hydrogen) atoms. The van der Waals surface area contributed by atoms with E-state index in [9.17, 15) is 13.9 Å². The number of halogens is 2. The minimum Gasteiger partial charge on any atom is -0.387 e. The van der Waals surface area contributed by atoms with Crippen molar-refractivity contribution in [2.24, 2.45) is 5.92 Å². The van der Waals surface area contributed by atoms with Crippen molar-refractivity contribution in [3.05, 3.63) is 35.4 Å². The van der Waals surface area contributed by atoms with Gasteiger partial charge < -0.3 is 10.4 Å². The highest BCUT2D eigenvalue weighted by Gasteiger charge is 2.27. The maximum absolute atomic E-state index is 13.1. The van der Waals surface area contributed by atoms with Gasteiger partial charge in [0, 0.05) is 6.04 Å². The summed E-state index contributed by atoms with van der Waals surface area (Å²) in [7, 11) is 0. The molecule has 100 valence electrons. The van der Waals surface area contributed by atoms with Crippen LogP contribution in [0.1, 0.15) is 37.9 Å². The number of piperidine rings is 1. The summed E-state index contributed by atoms with van der Waals surface area (Å²) in [5, 5.41) is 13.5. The topological polar surface area (TPSA) is 32.3 Å². The molecule has 3 unspecified atom stereocenters. The number of rotatable bonds is 3. The molecule has 1 aromatic rings. The number of hydrogen-bond donors (Lipinski definition) is 2. The Morgan fingerprint density at radius 3 is 2.83 bits per heavy atom. The summed E-state index contributed by atoms with van der Waals surface area (Å²) in [4.78, 5) is 0.